The number of hydrogen-bond acceptors (Lipinski definition) is 4. The molecule has 0 bridgehead atoms. The van der Waals surface area contributed by atoms with E-state index < -0.39 is 23.6 Å². The number of hydrogen-bond donors (Lipinski definition) is 0. The van der Waals surface area contributed by atoms with Gasteiger partial charge in [0, 0.05) is 12.6 Å². The number of halogens is 4. The maximum atomic E-state index is 13.8. The van der Waals surface area contributed by atoms with Crippen molar-refractivity contribution in [3.63, 3.8) is 0 Å². The second kappa shape index (κ2) is 7.70. The molecule has 1 aromatic carbocycles. The molecule has 1 aliphatic rings. The highest BCUT2D eigenvalue weighted by Gasteiger charge is 2.37. The molecule has 1 fully saturated rings. The van der Waals surface area contributed by atoms with E-state index in [1.807, 2.05) is 0 Å². The lowest BCUT2D eigenvalue weighted by Gasteiger charge is -2.24. The Balaban J connectivity index is 1.56. The summed E-state index contributed by atoms with van der Waals surface area (Å²) in [5.74, 6) is -0.914. The molecule has 0 unspecified atom stereocenters. The summed E-state index contributed by atoms with van der Waals surface area (Å²) in [6, 6.07) is 11.3. The van der Waals surface area contributed by atoms with Gasteiger partial charge in [-0.15, -0.1) is 11.3 Å². The van der Waals surface area contributed by atoms with Crippen LogP contribution in [0.2, 0.25) is 0 Å². The first-order valence-electron chi connectivity index (χ1n) is 9.89. The number of aromatic nitrogens is 3. The van der Waals surface area contributed by atoms with Gasteiger partial charge in [0.1, 0.15) is 5.82 Å². The van der Waals surface area contributed by atoms with Crippen LogP contribution in [0.25, 0.3) is 16.2 Å². The highest BCUT2D eigenvalue weighted by Crippen LogP contribution is 2.35. The van der Waals surface area contributed by atoms with E-state index in [1.54, 1.807) is 29.6 Å². The van der Waals surface area contributed by atoms with Crippen molar-refractivity contribution >= 4 is 22.9 Å². The van der Waals surface area contributed by atoms with Gasteiger partial charge in [0.25, 0.3) is 5.91 Å². The van der Waals surface area contributed by atoms with Gasteiger partial charge in [-0.3, -0.25) is 4.79 Å². The molecule has 4 heterocycles. The summed E-state index contributed by atoms with van der Waals surface area (Å²) in [6.45, 7) is 0.411. The minimum absolute atomic E-state index is 0.0620. The van der Waals surface area contributed by atoms with Gasteiger partial charge in [0.05, 0.1) is 16.6 Å². The third-order valence-corrected chi connectivity index (χ3v) is 6.35. The molecule has 0 radical (unpaired) electrons. The minimum atomic E-state index is -4.68. The smallest absolute Gasteiger partial charge is 0.330 e. The maximum absolute atomic E-state index is 13.8. The quantitative estimate of drug-likeness (QED) is 0.375. The van der Waals surface area contributed by atoms with Crippen molar-refractivity contribution in [1.29, 1.82) is 0 Å². The lowest BCUT2D eigenvalue weighted by Crippen LogP contribution is -2.31. The lowest BCUT2D eigenvalue weighted by molar-refractivity contribution is -0.142. The summed E-state index contributed by atoms with van der Waals surface area (Å²) < 4.78 is 55.6. The van der Waals surface area contributed by atoms with Crippen LogP contribution in [0.15, 0.2) is 53.9 Å². The minimum Gasteiger partial charge on any atom is -0.330 e. The normalized spacial score (nSPS) is 16.8. The highest BCUT2D eigenvalue weighted by atomic mass is 32.1. The number of thiophene rings is 1. The molecule has 5 rings (SSSR count). The average Bonchev–Trinajstić information content (AvgIpc) is 3.52. The number of benzene rings is 1. The number of carbonyl (C=O) groups is 1. The number of carbonyl (C=O) groups excluding carboxylic acids is 1. The van der Waals surface area contributed by atoms with Crippen molar-refractivity contribution in [2.45, 2.75) is 25.1 Å². The van der Waals surface area contributed by atoms with E-state index in [9.17, 15) is 22.4 Å². The largest absolute Gasteiger partial charge is 0.433 e. The van der Waals surface area contributed by atoms with Crippen LogP contribution in [0.1, 0.15) is 40.6 Å². The van der Waals surface area contributed by atoms with E-state index in [1.165, 1.54) is 34.4 Å². The van der Waals surface area contributed by atoms with Crippen LogP contribution < -0.4 is 0 Å². The predicted octanol–water partition coefficient (Wildman–Crippen LogP) is 5.59. The van der Waals surface area contributed by atoms with Crippen LogP contribution in [0.5, 0.6) is 0 Å². The van der Waals surface area contributed by atoms with Crippen molar-refractivity contribution in [1.82, 2.24) is 19.5 Å². The Labute approximate surface area is 183 Å². The van der Waals surface area contributed by atoms with Gasteiger partial charge >= 0.3 is 6.18 Å². The third-order valence-electron chi connectivity index (χ3n) is 5.46. The zero-order valence-electron chi connectivity index (χ0n) is 16.5. The van der Waals surface area contributed by atoms with E-state index >= 15 is 0 Å². The van der Waals surface area contributed by atoms with Gasteiger partial charge < -0.3 is 4.90 Å². The summed E-state index contributed by atoms with van der Waals surface area (Å²) in [4.78, 5) is 19.6. The maximum Gasteiger partial charge on any atom is 0.433 e. The number of likely N-dealkylation sites (tertiary alicyclic amines) is 1. The van der Waals surface area contributed by atoms with Crippen LogP contribution in [0, 0.1) is 5.82 Å². The highest BCUT2D eigenvalue weighted by molar-refractivity contribution is 7.13. The number of alkyl halides is 3. The Kier molecular flexibility index (Phi) is 4.96. The van der Waals surface area contributed by atoms with Gasteiger partial charge in [0.15, 0.2) is 17.0 Å². The summed E-state index contributed by atoms with van der Waals surface area (Å²) in [5.41, 5.74) is -0.387. The van der Waals surface area contributed by atoms with Crippen LogP contribution in [-0.4, -0.2) is 31.9 Å². The first-order valence-corrected chi connectivity index (χ1v) is 10.8. The van der Waals surface area contributed by atoms with E-state index in [4.69, 9.17) is 0 Å². The third kappa shape index (κ3) is 3.64. The van der Waals surface area contributed by atoms with Crippen molar-refractivity contribution < 1.29 is 22.4 Å². The molecule has 1 amide bonds. The van der Waals surface area contributed by atoms with Crippen molar-refractivity contribution in [3.8, 4) is 10.6 Å². The van der Waals surface area contributed by atoms with Gasteiger partial charge in [-0.25, -0.2) is 13.9 Å². The first-order chi connectivity index (χ1) is 15.3. The second-order valence-corrected chi connectivity index (χ2v) is 8.46. The average molecular weight is 460 g/mol. The Morgan fingerprint density at radius 1 is 1.12 bits per heavy atom. The fraction of sp³-hybridized carbons (Fsp3) is 0.227. The van der Waals surface area contributed by atoms with Gasteiger partial charge in [-0.1, -0.05) is 18.2 Å². The van der Waals surface area contributed by atoms with Crippen molar-refractivity contribution in [2.75, 3.05) is 6.54 Å². The summed E-state index contributed by atoms with van der Waals surface area (Å²) >= 11 is 1.27. The zero-order chi connectivity index (χ0) is 22.5. The molecule has 5 nitrogen and oxygen atoms in total. The molecule has 1 atom stereocenters. The molecule has 0 spiro atoms. The lowest BCUT2D eigenvalue weighted by atomic mass is 10.0. The fourth-order valence-electron chi connectivity index (χ4n) is 4.05. The fourth-order valence-corrected chi connectivity index (χ4v) is 4.73. The predicted molar refractivity (Wildman–Crippen MR) is 111 cm³/mol. The molecule has 1 aliphatic heterocycles. The molecule has 0 N–H and O–H groups in total. The van der Waals surface area contributed by atoms with E-state index in [-0.39, 0.29) is 23.1 Å². The Bertz CT molecular complexity index is 1300. The molecule has 0 saturated carbocycles. The Morgan fingerprint density at radius 3 is 2.69 bits per heavy atom. The van der Waals surface area contributed by atoms with E-state index in [0.717, 1.165) is 6.07 Å². The van der Waals surface area contributed by atoms with Crippen molar-refractivity contribution in [2.24, 2.45) is 0 Å². The van der Waals surface area contributed by atoms with Crippen LogP contribution in [0.3, 0.4) is 0 Å². The van der Waals surface area contributed by atoms with Crippen LogP contribution in [0.4, 0.5) is 17.6 Å². The van der Waals surface area contributed by atoms with Gasteiger partial charge in [-0.2, -0.15) is 18.3 Å². The van der Waals surface area contributed by atoms with Crippen LogP contribution in [-0.2, 0) is 6.18 Å². The van der Waals surface area contributed by atoms with Crippen molar-refractivity contribution in [3.05, 3.63) is 76.7 Å². The summed E-state index contributed by atoms with van der Waals surface area (Å²) in [6.07, 6.45) is -3.34. The number of fused-ring (bicyclic) bond motifs is 1. The number of amides is 1. The molecule has 1 saturated heterocycles. The standard InChI is InChI=1S/C22H16F4N4OS/c23-14-5-1-4-13(10-14)17-6-2-8-29(17)21(31)16-12-20-27-15(18-7-3-9-32-18)11-19(22(24,25)26)30(20)28-16/h1,3-5,7,9-12,17H,2,6,8H2/t17-/m1/s1. The topological polar surface area (TPSA) is 50.5 Å². The first kappa shape index (κ1) is 20.6. The summed E-state index contributed by atoms with van der Waals surface area (Å²) in [5, 5.41) is 5.71. The molecule has 3 aromatic heterocycles. The second-order valence-electron chi connectivity index (χ2n) is 7.51. The van der Waals surface area contributed by atoms with E-state index in [0.29, 0.717) is 34.3 Å². The Hall–Kier alpha value is -3.27. The molecule has 4 aromatic rings. The molecular formula is C22H16F4N4OS. The summed E-state index contributed by atoms with van der Waals surface area (Å²) in [7, 11) is 0. The molecule has 164 valence electrons. The SMILES string of the molecule is O=C(c1cc2nc(-c3cccs3)cc(C(F)(F)F)n2n1)N1CCC[C@@H]1c1cccc(F)c1. The van der Waals surface area contributed by atoms with Gasteiger partial charge in [0.2, 0.25) is 0 Å². The molecule has 10 heteroatoms. The Morgan fingerprint density at radius 2 is 1.97 bits per heavy atom. The zero-order valence-corrected chi connectivity index (χ0v) is 17.3. The van der Waals surface area contributed by atoms with Crippen LogP contribution >= 0.6 is 11.3 Å². The van der Waals surface area contributed by atoms with Gasteiger partial charge in [-0.05, 0) is 48.1 Å². The number of nitrogens with zero attached hydrogens (tertiary/aromatic N) is 4. The molecular weight excluding hydrogens is 444 g/mol. The van der Waals surface area contributed by atoms with E-state index in [2.05, 4.69) is 10.1 Å². The number of rotatable bonds is 3. The molecule has 0 aliphatic carbocycles. The monoisotopic (exact) mass is 460 g/mol. The molecule has 32 heavy (non-hydrogen) atoms.